The van der Waals surface area contributed by atoms with Crippen molar-refractivity contribution in [3.05, 3.63) is 94.3 Å². The Hall–Kier alpha value is -3.22. The smallest absolute Gasteiger partial charge is 0.272 e. The molecule has 5 rings (SSSR count). The van der Waals surface area contributed by atoms with Crippen LogP contribution in [0.1, 0.15) is 34.5 Å². The average Bonchev–Trinajstić information content (AvgIpc) is 3.37. The van der Waals surface area contributed by atoms with E-state index in [2.05, 4.69) is 52.0 Å². The number of aromatic nitrogens is 1. The van der Waals surface area contributed by atoms with Crippen LogP contribution in [0.5, 0.6) is 5.75 Å². The molecule has 1 saturated heterocycles. The molecular formula is C28H29N3O2S. The lowest BCUT2D eigenvalue weighted by molar-refractivity contribution is 0.0590. The van der Waals surface area contributed by atoms with Crippen LogP contribution in [0.2, 0.25) is 0 Å². The SMILES string of the molecule is CN(Cc1ccsc1)Cc1cccc(OC2CCN(C(=O)c3ccc4ccccc4n3)CC2)c1. The van der Waals surface area contributed by atoms with Crippen molar-refractivity contribution in [3.63, 3.8) is 0 Å². The molecule has 1 aliphatic rings. The van der Waals surface area contributed by atoms with Crippen molar-refractivity contribution in [1.82, 2.24) is 14.8 Å². The quantitative estimate of drug-likeness (QED) is 0.351. The fourth-order valence-corrected chi connectivity index (χ4v) is 5.16. The van der Waals surface area contributed by atoms with Gasteiger partial charge in [-0.3, -0.25) is 9.69 Å². The second kappa shape index (κ2) is 10.4. The predicted molar refractivity (Wildman–Crippen MR) is 137 cm³/mol. The number of likely N-dealkylation sites (tertiary alicyclic amines) is 1. The van der Waals surface area contributed by atoms with Crippen molar-refractivity contribution in [2.45, 2.75) is 32.0 Å². The van der Waals surface area contributed by atoms with Crippen LogP contribution in [0.25, 0.3) is 10.9 Å². The molecule has 0 radical (unpaired) electrons. The molecule has 0 atom stereocenters. The van der Waals surface area contributed by atoms with E-state index < -0.39 is 0 Å². The van der Waals surface area contributed by atoms with Crippen molar-refractivity contribution in [1.29, 1.82) is 0 Å². The van der Waals surface area contributed by atoms with Crippen LogP contribution in [0.15, 0.2) is 77.5 Å². The summed E-state index contributed by atoms with van der Waals surface area (Å²) < 4.78 is 6.30. The first kappa shape index (κ1) is 22.6. The van der Waals surface area contributed by atoms with Crippen LogP contribution < -0.4 is 4.74 Å². The van der Waals surface area contributed by atoms with E-state index in [1.807, 2.05) is 47.4 Å². The number of hydrogen-bond acceptors (Lipinski definition) is 5. The molecule has 0 unspecified atom stereocenters. The highest BCUT2D eigenvalue weighted by Gasteiger charge is 2.25. The van der Waals surface area contributed by atoms with E-state index in [1.54, 1.807) is 11.3 Å². The fourth-order valence-electron chi connectivity index (χ4n) is 4.50. The third kappa shape index (κ3) is 5.46. The molecule has 0 aliphatic carbocycles. The number of piperidine rings is 1. The van der Waals surface area contributed by atoms with E-state index in [0.29, 0.717) is 18.8 Å². The van der Waals surface area contributed by atoms with Crippen molar-refractivity contribution in [2.24, 2.45) is 0 Å². The van der Waals surface area contributed by atoms with Gasteiger partial charge in [0.25, 0.3) is 5.91 Å². The van der Waals surface area contributed by atoms with Crippen molar-refractivity contribution in [2.75, 3.05) is 20.1 Å². The first-order valence-electron chi connectivity index (χ1n) is 11.7. The molecule has 5 nitrogen and oxygen atoms in total. The molecular weight excluding hydrogens is 442 g/mol. The van der Waals surface area contributed by atoms with Gasteiger partial charge in [-0.05, 0) is 59.3 Å². The topological polar surface area (TPSA) is 45.7 Å². The van der Waals surface area contributed by atoms with Crippen LogP contribution in [-0.2, 0) is 13.1 Å². The van der Waals surface area contributed by atoms with Gasteiger partial charge in [-0.25, -0.2) is 4.98 Å². The lowest BCUT2D eigenvalue weighted by Crippen LogP contribution is -2.42. The molecule has 174 valence electrons. The number of para-hydroxylation sites is 1. The summed E-state index contributed by atoms with van der Waals surface area (Å²) in [5, 5.41) is 5.36. The Kier molecular flexibility index (Phi) is 6.88. The van der Waals surface area contributed by atoms with Crippen molar-refractivity contribution >= 4 is 28.1 Å². The van der Waals surface area contributed by atoms with Crippen LogP contribution in [0, 0.1) is 0 Å². The number of rotatable bonds is 7. The Bertz CT molecular complexity index is 1250. The summed E-state index contributed by atoms with van der Waals surface area (Å²) in [6, 6.07) is 22.2. The zero-order chi connectivity index (χ0) is 23.3. The van der Waals surface area contributed by atoms with Crippen molar-refractivity contribution in [3.8, 4) is 5.75 Å². The maximum atomic E-state index is 13.0. The Morgan fingerprint density at radius 3 is 2.68 bits per heavy atom. The molecule has 4 aromatic rings. The molecule has 0 bridgehead atoms. The highest BCUT2D eigenvalue weighted by molar-refractivity contribution is 7.07. The van der Waals surface area contributed by atoms with Crippen molar-refractivity contribution < 1.29 is 9.53 Å². The number of carbonyl (C=O) groups is 1. The number of carbonyl (C=O) groups excluding carboxylic acids is 1. The van der Waals surface area contributed by atoms with Crippen LogP contribution >= 0.6 is 11.3 Å². The maximum absolute atomic E-state index is 13.0. The number of ether oxygens (including phenoxy) is 1. The van der Waals surface area contributed by atoms with E-state index in [4.69, 9.17) is 4.74 Å². The van der Waals surface area contributed by atoms with Crippen LogP contribution in [0.4, 0.5) is 0 Å². The molecule has 6 heteroatoms. The molecule has 34 heavy (non-hydrogen) atoms. The number of pyridine rings is 1. The summed E-state index contributed by atoms with van der Waals surface area (Å²) in [6.07, 6.45) is 1.76. The van der Waals surface area contributed by atoms with Gasteiger partial charge >= 0.3 is 0 Å². The number of nitrogens with zero attached hydrogens (tertiary/aromatic N) is 3. The van der Waals surface area contributed by atoms with Gasteiger partial charge in [0.2, 0.25) is 0 Å². The fraction of sp³-hybridized carbons (Fsp3) is 0.286. The lowest BCUT2D eigenvalue weighted by atomic mass is 10.1. The van der Waals surface area contributed by atoms with E-state index in [-0.39, 0.29) is 12.0 Å². The molecule has 1 amide bonds. The maximum Gasteiger partial charge on any atom is 0.272 e. The van der Waals surface area contributed by atoms with E-state index >= 15 is 0 Å². The number of fused-ring (bicyclic) bond motifs is 1. The minimum absolute atomic E-state index is 0.000130. The van der Waals surface area contributed by atoms with Gasteiger partial charge in [-0.15, -0.1) is 0 Å². The molecule has 3 heterocycles. The van der Waals surface area contributed by atoms with Gasteiger partial charge in [-0.2, -0.15) is 11.3 Å². The number of thiophene rings is 1. The Balaban J connectivity index is 1.14. The zero-order valence-electron chi connectivity index (χ0n) is 19.4. The molecule has 0 spiro atoms. The molecule has 0 saturated carbocycles. The normalized spacial score (nSPS) is 14.6. The Morgan fingerprint density at radius 1 is 1.03 bits per heavy atom. The molecule has 0 N–H and O–H groups in total. The molecule has 2 aromatic heterocycles. The van der Waals surface area contributed by atoms with E-state index in [1.165, 1.54) is 11.1 Å². The van der Waals surface area contributed by atoms with E-state index in [0.717, 1.165) is 42.6 Å². The molecule has 2 aromatic carbocycles. The largest absolute Gasteiger partial charge is 0.490 e. The minimum Gasteiger partial charge on any atom is -0.490 e. The van der Waals surface area contributed by atoms with E-state index in [9.17, 15) is 4.79 Å². The minimum atomic E-state index is -0.000130. The number of benzene rings is 2. The zero-order valence-corrected chi connectivity index (χ0v) is 20.2. The summed E-state index contributed by atoms with van der Waals surface area (Å²) in [4.78, 5) is 21.8. The summed E-state index contributed by atoms with van der Waals surface area (Å²) in [5.74, 6) is 0.905. The molecule has 1 fully saturated rings. The second-order valence-corrected chi connectivity index (χ2v) is 9.73. The van der Waals surface area contributed by atoms with Gasteiger partial charge in [0, 0.05) is 44.4 Å². The second-order valence-electron chi connectivity index (χ2n) is 8.95. The summed E-state index contributed by atoms with van der Waals surface area (Å²) >= 11 is 1.74. The average molecular weight is 472 g/mol. The third-order valence-electron chi connectivity index (χ3n) is 6.23. The predicted octanol–water partition coefficient (Wildman–Crippen LogP) is 5.61. The highest BCUT2D eigenvalue weighted by Crippen LogP contribution is 2.22. The molecule has 1 aliphatic heterocycles. The van der Waals surface area contributed by atoms with Gasteiger partial charge in [-0.1, -0.05) is 36.4 Å². The lowest BCUT2D eigenvalue weighted by Gasteiger charge is -2.32. The standard InChI is InChI=1S/C28H29N3O2S/c1-30(19-22-13-16-34-20-22)18-21-5-4-7-25(17-21)33-24-11-14-31(15-12-24)28(32)27-10-9-23-6-2-3-8-26(23)29-27/h2-10,13,16-17,20,24H,11-12,14-15,18-19H2,1H3. The Labute approximate surface area is 204 Å². The van der Waals surface area contributed by atoms with Gasteiger partial charge in [0.1, 0.15) is 17.5 Å². The van der Waals surface area contributed by atoms with Gasteiger partial charge in [0.15, 0.2) is 0 Å². The summed E-state index contributed by atoms with van der Waals surface area (Å²) in [6.45, 7) is 3.17. The summed E-state index contributed by atoms with van der Waals surface area (Å²) in [7, 11) is 2.14. The van der Waals surface area contributed by atoms with Crippen LogP contribution in [-0.4, -0.2) is 46.9 Å². The first-order chi connectivity index (χ1) is 16.6. The number of amides is 1. The Morgan fingerprint density at radius 2 is 1.85 bits per heavy atom. The summed E-state index contributed by atoms with van der Waals surface area (Å²) in [5.41, 5.74) is 3.95. The number of hydrogen-bond donors (Lipinski definition) is 0. The highest BCUT2D eigenvalue weighted by atomic mass is 32.1. The van der Waals surface area contributed by atoms with Gasteiger partial charge < -0.3 is 9.64 Å². The van der Waals surface area contributed by atoms with Crippen LogP contribution in [0.3, 0.4) is 0 Å². The first-order valence-corrected chi connectivity index (χ1v) is 12.7. The monoisotopic (exact) mass is 471 g/mol. The third-order valence-corrected chi connectivity index (χ3v) is 6.97. The van der Waals surface area contributed by atoms with Gasteiger partial charge in [0.05, 0.1) is 5.52 Å².